The smallest absolute Gasteiger partial charge is 0.0541 e. The Morgan fingerprint density at radius 1 is 0.385 bits per heavy atom. The van der Waals surface area contributed by atoms with Crippen LogP contribution < -0.4 is 0 Å². The van der Waals surface area contributed by atoms with Crippen LogP contribution in [0, 0.1) is 6.92 Å². The lowest BCUT2D eigenvalue weighted by Gasteiger charge is -2.34. The van der Waals surface area contributed by atoms with Gasteiger partial charge in [-0.05, 0) is 100 Å². The quantitative estimate of drug-likeness (QED) is 0.149. The third-order valence-corrected chi connectivity index (χ3v) is 10.9. The molecule has 1 nitrogen and oxygen atoms in total. The minimum absolute atomic E-state index is 0.331. The first-order valence-electron chi connectivity index (χ1n) is 18.1. The lowest BCUT2D eigenvalue weighted by atomic mass is 9.69. The zero-order chi connectivity index (χ0) is 35.1. The molecule has 0 aliphatic rings. The van der Waals surface area contributed by atoms with Gasteiger partial charge in [-0.15, -0.1) is 0 Å². The van der Waals surface area contributed by atoms with E-state index in [0.29, 0.717) is 0 Å². The summed E-state index contributed by atoms with van der Waals surface area (Å²) in [4.78, 5) is 0. The number of benzene rings is 8. The zero-order valence-corrected chi connectivity index (χ0v) is 29.5. The summed E-state index contributed by atoms with van der Waals surface area (Å²) in [5, 5.41) is 2.51. The predicted molar refractivity (Wildman–Crippen MR) is 220 cm³/mol. The van der Waals surface area contributed by atoms with Gasteiger partial charge in [-0.2, -0.15) is 0 Å². The van der Waals surface area contributed by atoms with Gasteiger partial charge < -0.3 is 4.57 Å². The third-order valence-electron chi connectivity index (χ3n) is 10.9. The lowest BCUT2D eigenvalue weighted by Crippen LogP contribution is -2.26. The maximum Gasteiger partial charge on any atom is 0.0541 e. The Labute approximate surface area is 306 Å². The Morgan fingerprint density at radius 2 is 0.923 bits per heavy atom. The normalized spacial score (nSPS) is 11.7. The molecule has 0 aliphatic heterocycles. The summed E-state index contributed by atoms with van der Waals surface area (Å²) in [5.74, 6) is 0. The van der Waals surface area contributed by atoms with Gasteiger partial charge in [-0.1, -0.05) is 169 Å². The number of fused-ring (bicyclic) bond motifs is 3. The minimum Gasteiger partial charge on any atom is -0.309 e. The molecule has 0 N–H and O–H groups in total. The van der Waals surface area contributed by atoms with Gasteiger partial charge in [0.1, 0.15) is 0 Å². The van der Waals surface area contributed by atoms with Crippen molar-refractivity contribution >= 4 is 21.8 Å². The summed E-state index contributed by atoms with van der Waals surface area (Å²) in [6.45, 7) is 4.49. The van der Waals surface area contributed by atoms with Crippen LogP contribution in [0.2, 0.25) is 0 Å². The van der Waals surface area contributed by atoms with E-state index in [9.17, 15) is 0 Å². The van der Waals surface area contributed by atoms with Crippen LogP contribution in [-0.2, 0) is 5.41 Å². The van der Waals surface area contributed by atoms with E-state index in [1.54, 1.807) is 0 Å². The number of aromatic nitrogens is 1. The molecule has 8 aromatic carbocycles. The second kappa shape index (κ2) is 13.0. The number of hydrogen-bond donors (Lipinski definition) is 0. The molecule has 1 heteroatoms. The van der Waals surface area contributed by atoms with Gasteiger partial charge in [0.25, 0.3) is 0 Å². The Hall–Kier alpha value is -6.44. The van der Waals surface area contributed by atoms with Crippen molar-refractivity contribution in [1.82, 2.24) is 4.57 Å². The van der Waals surface area contributed by atoms with E-state index in [-0.39, 0.29) is 5.41 Å². The van der Waals surface area contributed by atoms with E-state index in [1.165, 1.54) is 77.4 Å². The van der Waals surface area contributed by atoms with Crippen LogP contribution in [0.4, 0.5) is 0 Å². The van der Waals surface area contributed by atoms with Crippen molar-refractivity contribution in [1.29, 1.82) is 0 Å². The number of para-hydroxylation sites is 1. The molecule has 9 rings (SSSR count). The molecule has 0 aliphatic carbocycles. The van der Waals surface area contributed by atoms with Crippen LogP contribution in [0.25, 0.3) is 60.9 Å². The molecule has 0 radical (unpaired) electrons. The van der Waals surface area contributed by atoms with Crippen LogP contribution in [0.3, 0.4) is 0 Å². The first-order chi connectivity index (χ1) is 25.6. The number of hydrogen-bond acceptors (Lipinski definition) is 0. The highest BCUT2D eigenvalue weighted by molar-refractivity contribution is 6.10. The maximum absolute atomic E-state index is 2.41. The average molecular weight is 666 g/mol. The molecule has 0 amide bonds. The van der Waals surface area contributed by atoms with Crippen molar-refractivity contribution < 1.29 is 0 Å². The molecule has 0 saturated carbocycles. The molecule has 9 aromatic rings. The summed E-state index contributed by atoms with van der Waals surface area (Å²) in [7, 11) is 0. The molecule has 0 bridgehead atoms. The fraction of sp³-hybridized carbons (Fsp3) is 0.0588. The van der Waals surface area contributed by atoms with Crippen LogP contribution in [0.15, 0.2) is 200 Å². The summed E-state index contributed by atoms with van der Waals surface area (Å²) in [6, 6.07) is 73.2. The van der Waals surface area contributed by atoms with E-state index < -0.39 is 0 Å². The Kier molecular flexibility index (Phi) is 7.90. The van der Waals surface area contributed by atoms with Crippen LogP contribution in [0.5, 0.6) is 0 Å². The van der Waals surface area contributed by atoms with Gasteiger partial charge >= 0.3 is 0 Å². The molecule has 0 atom stereocenters. The van der Waals surface area contributed by atoms with Crippen molar-refractivity contribution in [2.75, 3.05) is 0 Å². The van der Waals surface area contributed by atoms with Crippen LogP contribution in [-0.4, -0.2) is 4.57 Å². The monoisotopic (exact) mass is 665 g/mol. The summed E-state index contributed by atoms with van der Waals surface area (Å²) in [5.41, 5.74) is 15.7. The highest BCUT2D eigenvalue weighted by atomic mass is 15.0. The second-order valence-corrected chi connectivity index (χ2v) is 14.0. The predicted octanol–water partition coefficient (Wildman–Crippen LogP) is 13.4. The SMILES string of the molecule is Cc1ccc(-c2cccc(-c3ccc4c(c3)c3ccccc3n4-c3ccc(-c4ccccc4C(C)(c4ccccc4)c4ccccc4)cc3)c2)cc1. The molecule has 0 fully saturated rings. The van der Waals surface area contributed by atoms with E-state index in [2.05, 4.69) is 219 Å². The van der Waals surface area contributed by atoms with E-state index in [1.807, 2.05) is 0 Å². The summed E-state index contributed by atoms with van der Waals surface area (Å²) in [6.07, 6.45) is 0. The average Bonchev–Trinajstić information content (AvgIpc) is 3.55. The summed E-state index contributed by atoms with van der Waals surface area (Å²) >= 11 is 0. The Morgan fingerprint density at radius 3 is 1.63 bits per heavy atom. The number of nitrogens with zero attached hydrogens (tertiary/aromatic N) is 1. The van der Waals surface area contributed by atoms with Crippen molar-refractivity contribution in [2.24, 2.45) is 0 Å². The zero-order valence-electron chi connectivity index (χ0n) is 29.5. The van der Waals surface area contributed by atoms with Crippen LogP contribution >= 0.6 is 0 Å². The van der Waals surface area contributed by atoms with Crippen LogP contribution in [0.1, 0.15) is 29.2 Å². The minimum atomic E-state index is -0.331. The number of aryl methyl sites for hydroxylation is 1. The standard InChI is InChI=1S/C51H39N/c1-36-24-26-37(27-25-36)39-14-13-15-40(34-39)41-30-33-50-47(35-41)46-21-10-12-23-49(46)52(50)44-31-28-38(29-32-44)45-20-9-11-22-48(45)51(2,42-16-5-3-6-17-42)43-18-7-4-8-19-43/h3-35H,1-2H3. The number of rotatable bonds is 7. The molecule has 52 heavy (non-hydrogen) atoms. The van der Waals surface area contributed by atoms with Gasteiger partial charge in [0.05, 0.1) is 11.0 Å². The molecule has 0 unspecified atom stereocenters. The topological polar surface area (TPSA) is 4.93 Å². The first-order valence-corrected chi connectivity index (χ1v) is 18.1. The highest BCUT2D eigenvalue weighted by Crippen LogP contribution is 2.44. The molecule has 1 aromatic heterocycles. The van der Waals surface area contributed by atoms with Gasteiger partial charge in [0, 0.05) is 21.9 Å². The van der Waals surface area contributed by atoms with Gasteiger partial charge in [0.2, 0.25) is 0 Å². The Balaban J connectivity index is 1.13. The van der Waals surface area contributed by atoms with Crippen molar-refractivity contribution in [3.05, 3.63) is 222 Å². The molecule has 1 heterocycles. The molecule has 248 valence electrons. The molecule has 0 saturated heterocycles. The molecular weight excluding hydrogens is 627 g/mol. The summed E-state index contributed by atoms with van der Waals surface area (Å²) < 4.78 is 2.41. The van der Waals surface area contributed by atoms with Crippen molar-refractivity contribution in [3.63, 3.8) is 0 Å². The van der Waals surface area contributed by atoms with E-state index >= 15 is 0 Å². The van der Waals surface area contributed by atoms with Gasteiger partial charge in [-0.25, -0.2) is 0 Å². The van der Waals surface area contributed by atoms with Crippen molar-refractivity contribution in [3.8, 4) is 39.1 Å². The fourth-order valence-electron chi connectivity index (χ4n) is 8.04. The van der Waals surface area contributed by atoms with E-state index in [4.69, 9.17) is 0 Å². The molecule has 0 spiro atoms. The van der Waals surface area contributed by atoms with E-state index in [0.717, 1.165) is 5.69 Å². The van der Waals surface area contributed by atoms with Gasteiger partial charge in [-0.3, -0.25) is 0 Å². The largest absolute Gasteiger partial charge is 0.309 e. The molecular formula is C51H39N. The van der Waals surface area contributed by atoms with Crippen molar-refractivity contribution in [2.45, 2.75) is 19.3 Å². The lowest BCUT2D eigenvalue weighted by molar-refractivity contribution is 0.694. The Bertz CT molecular complexity index is 2620. The van der Waals surface area contributed by atoms with Gasteiger partial charge in [0.15, 0.2) is 0 Å². The maximum atomic E-state index is 2.41. The fourth-order valence-corrected chi connectivity index (χ4v) is 8.04. The third kappa shape index (κ3) is 5.43. The highest BCUT2D eigenvalue weighted by Gasteiger charge is 2.33. The first kappa shape index (κ1) is 31.5. The second-order valence-electron chi connectivity index (χ2n) is 14.0.